The first kappa shape index (κ1) is 24.0. The highest BCUT2D eigenvalue weighted by Crippen LogP contribution is 2.43. The fourth-order valence-electron chi connectivity index (χ4n) is 4.62. The van der Waals surface area contributed by atoms with E-state index in [-0.39, 0.29) is 29.3 Å². The van der Waals surface area contributed by atoms with Gasteiger partial charge in [-0.15, -0.1) is 0 Å². The van der Waals surface area contributed by atoms with Gasteiger partial charge in [-0.1, -0.05) is 0 Å². The summed E-state index contributed by atoms with van der Waals surface area (Å²) in [7, 11) is 4.72. The molecule has 1 N–H and O–H groups in total. The quantitative estimate of drug-likeness (QED) is 0.750. The third-order valence-electron chi connectivity index (χ3n) is 6.19. The van der Waals surface area contributed by atoms with Crippen LogP contribution in [0.15, 0.2) is 12.1 Å². The van der Waals surface area contributed by atoms with Crippen molar-refractivity contribution >= 4 is 11.9 Å². The van der Waals surface area contributed by atoms with E-state index in [1.807, 2.05) is 37.8 Å². The molecule has 0 bridgehead atoms. The molecule has 0 unspecified atom stereocenters. The Morgan fingerprint density at radius 3 is 2.00 bits per heavy atom. The van der Waals surface area contributed by atoms with Crippen LogP contribution >= 0.6 is 0 Å². The minimum absolute atomic E-state index is 0.120. The van der Waals surface area contributed by atoms with Gasteiger partial charge in [-0.05, 0) is 57.7 Å². The van der Waals surface area contributed by atoms with E-state index in [1.165, 1.54) is 0 Å². The number of hydrogen-bond acceptors (Lipinski definition) is 5. The van der Waals surface area contributed by atoms with Crippen LogP contribution in [0.4, 0.5) is 4.79 Å². The van der Waals surface area contributed by atoms with Crippen LogP contribution in [0.2, 0.25) is 0 Å². The molecule has 0 spiro atoms. The van der Waals surface area contributed by atoms with E-state index >= 15 is 0 Å². The number of benzene rings is 1. The molecule has 0 saturated carbocycles. The standard InChI is InChI=1S/C24H37N3O5/c1-24(2,3)25-23(29)27-14-17(18(15-27)22(28)26-10-8-7-9-11-26)16-12-19(30-4)21(32-6)20(13-16)31-5/h12-13,17-18H,7-11,14-15H2,1-6H3,(H,25,29)/t17-,18+/m1/s1. The summed E-state index contributed by atoms with van der Waals surface area (Å²) in [6.45, 7) is 8.26. The van der Waals surface area contributed by atoms with Crippen LogP contribution in [0, 0.1) is 5.92 Å². The molecule has 2 heterocycles. The number of piperidine rings is 1. The average molecular weight is 448 g/mol. The fraction of sp³-hybridized carbons (Fsp3) is 0.667. The van der Waals surface area contributed by atoms with E-state index in [0.717, 1.165) is 37.9 Å². The van der Waals surface area contributed by atoms with E-state index in [4.69, 9.17) is 14.2 Å². The van der Waals surface area contributed by atoms with Crippen LogP contribution in [-0.4, -0.2) is 74.8 Å². The molecule has 3 amide bonds. The first-order chi connectivity index (χ1) is 15.2. The number of nitrogens with one attached hydrogen (secondary N) is 1. The van der Waals surface area contributed by atoms with Gasteiger partial charge in [0.2, 0.25) is 11.7 Å². The lowest BCUT2D eigenvalue weighted by atomic mass is 9.87. The summed E-state index contributed by atoms with van der Waals surface area (Å²) < 4.78 is 16.5. The highest BCUT2D eigenvalue weighted by molar-refractivity contribution is 5.83. The second kappa shape index (κ2) is 9.88. The second-order valence-corrected chi connectivity index (χ2v) is 9.64. The smallest absolute Gasteiger partial charge is 0.317 e. The predicted octanol–water partition coefficient (Wildman–Crippen LogP) is 3.25. The van der Waals surface area contributed by atoms with E-state index in [1.54, 1.807) is 26.2 Å². The van der Waals surface area contributed by atoms with E-state index < -0.39 is 0 Å². The van der Waals surface area contributed by atoms with Gasteiger partial charge in [0, 0.05) is 37.6 Å². The largest absolute Gasteiger partial charge is 0.493 e. The number of amides is 3. The van der Waals surface area contributed by atoms with Crippen molar-refractivity contribution in [1.82, 2.24) is 15.1 Å². The van der Waals surface area contributed by atoms with Crippen LogP contribution < -0.4 is 19.5 Å². The third kappa shape index (κ3) is 5.22. The summed E-state index contributed by atoms with van der Waals surface area (Å²) in [4.78, 5) is 30.2. The van der Waals surface area contributed by atoms with Gasteiger partial charge in [-0.2, -0.15) is 0 Å². The average Bonchev–Trinajstić information content (AvgIpc) is 3.22. The summed E-state index contributed by atoms with van der Waals surface area (Å²) in [5.74, 6) is 1.24. The lowest BCUT2D eigenvalue weighted by Gasteiger charge is -2.31. The number of urea groups is 1. The van der Waals surface area contributed by atoms with Crippen LogP contribution in [0.3, 0.4) is 0 Å². The van der Waals surface area contributed by atoms with Crippen molar-refractivity contribution in [2.45, 2.75) is 51.5 Å². The zero-order chi connectivity index (χ0) is 23.5. The number of rotatable bonds is 5. The molecular formula is C24H37N3O5. The van der Waals surface area contributed by atoms with E-state index in [0.29, 0.717) is 30.3 Å². The van der Waals surface area contributed by atoms with Gasteiger partial charge in [0.05, 0.1) is 27.2 Å². The van der Waals surface area contributed by atoms with Crippen LogP contribution in [0.25, 0.3) is 0 Å². The Kier molecular flexibility index (Phi) is 7.41. The molecule has 2 saturated heterocycles. The maximum absolute atomic E-state index is 13.5. The molecule has 3 rings (SSSR count). The Morgan fingerprint density at radius 2 is 1.50 bits per heavy atom. The zero-order valence-corrected chi connectivity index (χ0v) is 20.2. The van der Waals surface area contributed by atoms with Crippen LogP contribution in [0.5, 0.6) is 17.2 Å². The van der Waals surface area contributed by atoms with Crippen molar-refractivity contribution in [3.05, 3.63) is 17.7 Å². The monoisotopic (exact) mass is 447 g/mol. The van der Waals surface area contributed by atoms with Crippen molar-refractivity contribution in [3.8, 4) is 17.2 Å². The number of nitrogens with zero attached hydrogens (tertiary/aromatic N) is 2. The third-order valence-corrected chi connectivity index (χ3v) is 6.19. The van der Waals surface area contributed by atoms with Gasteiger partial charge >= 0.3 is 6.03 Å². The Balaban J connectivity index is 1.95. The molecule has 1 aromatic carbocycles. The topological polar surface area (TPSA) is 80.3 Å². The SMILES string of the molecule is COc1cc([C@H]2CN(C(=O)NC(C)(C)C)C[C@@H]2C(=O)N2CCCCC2)cc(OC)c1OC. The first-order valence-corrected chi connectivity index (χ1v) is 11.3. The maximum Gasteiger partial charge on any atom is 0.317 e. The van der Waals surface area contributed by atoms with E-state index in [2.05, 4.69) is 5.32 Å². The van der Waals surface area contributed by atoms with Crippen LogP contribution in [-0.2, 0) is 4.79 Å². The molecule has 0 aliphatic carbocycles. The van der Waals surface area contributed by atoms with Gasteiger partial charge < -0.3 is 29.3 Å². The van der Waals surface area contributed by atoms with Crippen molar-refractivity contribution in [2.24, 2.45) is 5.92 Å². The molecule has 2 atom stereocenters. The van der Waals surface area contributed by atoms with Gasteiger partial charge in [-0.25, -0.2) is 4.79 Å². The number of carbonyl (C=O) groups is 2. The number of likely N-dealkylation sites (tertiary alicyclic amines) is 2. The van der Waals surface area contributed by atoms with Gasteiger partial charge in [0.15, 0.2) is 11.5 Å². The number of ether oxygens (including phenoxy) is 3. The number of carbonyl (C=O) groups excluding carboxylic acids is 2. The molecule has 1 aromatic rings. The van der Waals surface area contributed by atoms with Crippen molar-refractivity contribution in [3.63, 3.8) is 0 Å². The molecule has 0 radical (unpaired) electrons. The second-order valence-electron chi connectivity index (χ2n) is 9.64. The minimum Gasteiger partial charge on any atom is -0.493 e. The normalized spacial score (nSPS) is 21.3. The van der Waals surface area contributed by atoms with Gasteiger partial charge in [-0.3, -0.25) is 4.79 Å². The van der Waals surface area contributed by atoms with E-state index in [9.17, 15) is 9.59 Å². The number of hydrogen-bond donors (Lipinski definition) is 1. The summed E-state index contributed by atoms with van der Waals surface area (Å²) in [5.41, 5.74) is 0.551. The molecular weight excluding hydrogens is 410 g/mol. The Morgan fingerprint density at radius 1 is 0.906 bits per heavy atom. The molecule has 8 nitrogen and oxygen atoms in total. The minimum atomic E-state index is -0.353. The zero-order valence-electron chi connectivity index (χ0n) is 20.2. The first-order valence-electron chi connectivity index (χ1n) is 11.3. The summed E-state index contributed by atoms with van der Waals surface area (Å²) >= 11 is 0. The molecule has 178 valence electrons. The molecule has 8 heteroatoms. The summed E-state index contributed by atoms with van der Waals surface area (Å²) in [6.07, 6.45) is 3.22. The lowest BCUT2D eigenvalue weighted by molar-refractivity contribution is -0.136. The maximum atomic E-state index is 13.5. The Bertz CT molecular complexity index is 804. The lowest BCUT2D eigenvalue weighted by Crippen LogP contribution is -2.48. The van der Waals surface area contributed by atoms with Crippen molar-refractivity contribution in [2.75, 3.05) is 47.5 Å². The van der Waals surface area contributed by atoms with Crippen molar-refractivity contribution < 1.29 is 23.8 Å². The number of methoxy groups -OCH3 is 3. The fourth-order valence-corrected chi connectivity index (χ4v) is 4.62. The highest BCUT2D eigenvalue weighted by atomic mass is 16.5. The highest BCUT2D eigenvalue weighted by Gasteiger charge is 2.43. The molecule has 2 aliphatic heterocycles. The van der Waals surface area contributed by atoms with Crippen LogP contribution in [0.1, 0.15) is 51.5 Å². The van der Waals surface area contributed by atoms with Gasteiger partial charge in [0.25, 0.3) is 0 Å². The predicted molar refractivity (Wildman–Crippen MR) is 123 cm³/mol. The molecule has 0 aromatic heterocycles. The molecule has 2 aliphatic rings. The molecule has 32 heavy (non-hydrogen) atoms. The summed E-state index contributed by atoms with van der Waals surface area (Å²) in [5, 5.41) is 3.03. The summed E-state index contributed by atoms with van der Waals surface area (Å²) in [6, 6.07) is 3.64. The van der Waals surface area contributed by atoms with Crippen molar-refractivity contribution in [1.29, 1.82) is 0 Å². The molecule has 2 fully saturated rings. The van der Waals surface area contributed by atoms with Gasteiger partial charge in [0.1, 0.15) is 0 Å². The Hall–Kier alpha value is -2.64. The Labute approximate surface area is 191 Å².